The van der Waals surface area contributed by atoms with E-state index >= 15 is 0 Å². The summed E-state index contributed by atoms with van der Waals surface area (Å²) in [5, 5.41) is 3.34. The van der Waals surface area contributed by atoms with E-state index in [1.807, 2.05) is 22.6 Å². The molecule has 3 nitrogen and oxygen atoms in total. The summed E-state index contributed by atoms with van der Waals surface area (Å²) >= 11 is 1.96. The number of benzene rings is 1. The molecular formula is C14H21FIN3. The molecule has 0 aliphatic heterocycles. The van der Waals surface area contributed by atoms with Crippen molar-refractivity contribution in [3.8, 4) is 0 Å². The predicted molar refractivity (Wildman–Crippen MR) is 86.9 cm³/mol. The molecule has 1 aliphatic carbocycles. The first-order valence-corrected chi connectivity index (χ1v) is 7.68. The van der Waals surface area contributed by atoms with Crippen molar-refractivity contribution in [1.82, 2.24) is 4.90 Å². The van der Waals surface area contributed by atoms with Crippen molar-refractivity contribution in [2.45, 2.75) is 31.2 Å². The highest BCUT2D eigenvalue weighted by Gasteiger charge is 2.35. The first-order valence-electron chi connectivity index (χ1n) is 6.60. The molecule has 1 saturated carbocycles. The number of hydrogen-bond donors (Lipinski definition) is 2. The minimum absolute atomic E-state index is 0.173. The van der Waals surface area contributed by atoms with E-state index in [1.165, 1.54) is 31.7 Å². The molecule has 106 valence electrons. The summed E-state index contributed by atoms with van der Waals surface area (Å²) in [6.45, 7) is 0.810. The quantitative estimate of drug-likeness (QED) is 0.625. The number of nitrogens with zero attached hydrogens (tertiary/aromatic N) is 1. The van der Waals surface area contributed by atoms with Crippen molar-refractivity contribution >= 4 is 34.0 Å². The Hall–Kier alpha value is -0.560. The van der Waals surface area contributed by atoms with Crippen LogP contribution in [0.15, 0.2) is 12.1 Å². The number of rotatable bonds is 4. The van der Waals surface area contributed by atoms with Crippen molar-refractivity contribution in [3.63, 3.8) is 0 Å². The van der Waals surface area contributed by atoms with Gasteiger partial charge in [-0.15, -0.1) is 0 Å². The van der Waals surface area contributed by atoms with Gasteiger partial charge < -0.3 is 16.0 Å². The maximum atomic E-state index is 13.6. The Kier molecular flexibility index (Phi) is 4.55. The average molecular weight is 377 g/mol. The van der Waals surface area contributed by atoms with Crippen LogP contribution in [0.2, 0.25) is 0 Å². The van der Waals surface area contributed by atoms with Crippen molar-refractivity contribution in [1.29, 1.82) is 0 Å². The molecule has 1 fully saturated rings. The second-order valence-electron chi connectivity index (χ2n) is 5.53. The summed E-state index contributed by atoms with van der Waals surface area (Å²) in [6.07, 6.45) is 4.88. The summed E-state index contributed by atoms with van der Waals surface area (Å²) in [6, 6.07) is 3.17. The molecule has 0 spiro atoms. The van der Waals surface area contributed by atoms with E-state index in [2.05, 4.69) is 24.3 Å². The zero-order valence-electron chi connectivity index (χ0n) is 11.5. The maximum absolute atomic E-state index is 13.6. The average Bonchev–Trinajstić information content (AvgIpc) is 2.82. The van der Waals surface area contributed by atoms with E-state index in [0.29, 0.717) is 14.9 Å². The van der Waals surface area contributed by atoms with Crippen LogP contribution in [0.1, 0.15) is 25.7 Å². The zero-order chi connectivity index (χ0) is 14.0. The molecule has 1 aromatic carbocycles. The second-order valence-corrected chi connectivity index (χ2v) is 6.70. The van der Waals surface area contributed by atoms with E-state index in [4.69, 9.17) is 5.73 Å². The number of anilines is 2. The minimum atomic E-state index is -0.220. The summed E-state index contributed by atoms with van der Waals surface area (Å²) in [5.74, 6) is -0.220. The molecule has 0 saturated heterocycles. The van der Waals surface area contributed by atoms with Crippen molar-refractivity contribution in [3.05, 3.63) is 21.5 Å². The van der Waals surface area contributed by atoms with E-state index in [0.717, 1.165) is 6.54 Å². The lowest BCUT2D eigenvalue weighted by atomic mass is 9.96. The lowest BCUT2D eigenvalue weighted by molar-refractivity contribution is 0.172. The molecule has 1 aromatic rings. The molecule has 3 N–H and O–H groups in total. The fraction of sp³-hybridized carbons (Fsp3) is 0.571. The maximum Gasteiger partial charge on any atom is 0.138 e. The van der Waals surface area contributed by atoms with Crippen LogP contribution in [0.25, 0.3) is 0 Å². The van der Waals surface area contributed by atoms with Crippen LogP contribution in [0, 0.1) is 9.39 Å². The van der Waals surface area contributed by atoms with E-state index in [1.54, 1.807) is 6.07 Å². The van der Waals surface area contributed by atoms with Crippen LogP contribution in [-0.2, 0) is 0 Å². The lowest BCUT2D eigenvalue weighted by Gasteiger charge is -2.37. The highest BCUT2D eigenvalue weighted by molar-refractivity contribution is 14.1. The minimum Gasteiger partial charge on any atom is -0.397 e. The van der Waals surface area contributed by atoms with Gasteiger partial charge in [0.05, 0.1) is 14.9 Å². The number of halogens is 2. The Bertz CT molecular complexity index is 456. The Labute approximate surface area is 127 Å². The van der Waals surface area contributed by atoms with Crippen LogP contribution in [0.4, 0.5) is 15.8 Å². The number of nitrogens with one attached hydrogen (secondary N) is 1. The molecule has 0 bridgehead atoms. The third kappa shape index (κ3) is 3.13. The van der Waals surface area contributed by atoms with Gasteiger partial charge in [-0.25, -0.2) is 4.39 Å². The predicted octanol–water partition coefficient (Wildman–Crippen LogP) is 3.30. The molecule has 0 radical (unpaired) electrons. The number of nitrogen functional groups attached to an aromatic ring is 1. The Balaban J connectivity index is 2.11. The van der Waals surface area contributed by atoms with Gasteiger partial charge in [-0.3, -0.25) is 0 Å². The van der Waals surface area contributed by atoms with Gasteiger partial charge in [0.1, 0.15) is 5.82 Å². The van der Waals surface area contributed by atoms with Crippen LogP contribution >= 0.6 is 22.6 Å². The Morgan fingerprint density at radius 3 is 2.58 bits per heavy atom. The molecular weight excluding hydrogens is 356 g/mol. The molecule has 0 atom stereocenters. The zero-order valence-corrected chi connectivity index (χ0v) is 13.6. The molecule has 0 aromatic heterocycles. The van der Waals surface area contributed by atoms with Gasteiger partial charge in [-0.2, -0.15) is 0 Å². The van der Waals surface area contributed by atoms with E-state index in [-0.39, 0.29) is 11.4 Å². The number of nitrogens with two attached hydrogens (primary N) is 1. The van der Waals surface area contributed by atoms with Gasteiger partial charge >= 0.3 is 0 Å². The van der Waals surface area contributed by atoms with Crippen LogP contribution in [-0.4, -0.2) is 31.1 Å². The summed E-state index contributed by atoms with van der Waals surface area (Å²) in [7, 11) is 4.23. The van der Waals surface area contributed by atoms with Crippen LogP contribution < -0.4 is 11.1 Å². The molecule has 1 aliphatic rings. The van der Waals surface area contributed by atoms with Crippen LogP contribution in [0.5, 0.6) is 0 Å². The molecule has 19 heavy (non-hydrogen) atoms. The molecule has 0 unspecified atom stereocenters. The second kappa shape index (κ2) is 5.83. The largest absolute Gasteiger partial charge is 0.397 e. The Morgan fingerprint density at radius 1 is 1.37 bits per heavy atom. The topological polar surface area (TPSA) is 41.3 Å². The van der Waals surface area contributed by atoms with Crippen molar-refractivity contribution < 1.29 is 4.39 Å². The number of likely N-dealkylation sites (N-methyl/N-ethyl adjacent to an activating group) is 1. The van der Waals surface area contributed by atoms with Crippen molar-refractivity contribution in [2.24, 2.45) is 0 Å². The third-order valence-corrected chi connectivity index (χ3v) is 5.01. The highest BCUT2D eigenvalue weighted by Crippen LogP contribution is 2.34. The van der Waals surface area contributed by atoms with Gasteiger partial charge in [0.15, 0.2) is 0 Å². The van der Waals surface area contributed by atoms with E-state index in [9.17, 15) is 4.39 Å². The molecule has 2 rings (SSSR count). The van der Waals surface area contributed by atoms with Crippen LogP contribution in [0.3, 0.4) is 0 Å². The number of hydrogen-bond acceptors (Lipinski definition) is 3. The molecule has 5 heteroatoms. The van der Waals surface area contributed by atoms with Gasteiger partial charge in [-0.05, 0) is 55.6 Å². The fourth-order valence-electron chi connectivity index (χ4n) is 2.79. The summed E-state index contributed by atoms with van der Waals surface area (Å²) in [4.78, 5) is 2.28. The molecule has 0 heterocycles. The third-order valence-electron chi connectivity index (χ3n) is 4.18. The van der Waals surface area contributed by atoms with Gasteiger partial charge in [0, 0.05) is 18.2 Å². The van der Waals surface area contributed by atoms with Gasteiger partial charge in [0.2, 0.25) is 0 Å². The highest BCUT2D eigenvalue weighted by atomic mass is 127. The summed E-state index contributed by atoms with van der Waals surface area (Å²) in [5.41, 5.74) is 7.43. The standard InChI is InChI=1S/C14H21FIN3/c1-19(2)14(5-3-4-6-14)9-18-13-7-10(15)11(16)8-12(13)17/h7-8,18H,3-6,9,17H2,1-2H3. The fourth-order valence-corrected chi connectivity index (χ4v) is 3.28. The normalized spacial score (nSPS) is 17.9. The first-order chi connectivity index (χ1) is 8.94. The first kappa shape index (κ1) is 14.8. The van der Waals surface area contributed by atoms with E-state index < -0.39 is 0 Å². The van der Waals surface area contributed by atoms with Crippen molar-refractivity contribution in [2.75, 3.05) is 31.7 Å². The molecule has 0 amide bonds. The smallest absolute Gasteiger partial charge is 0.138 e. The monoisotopic (exact) mass is 377 g/mol. The lowest BCUT2D eigenvalue weighted by Crippen LogP contribution is -2.47. The Morgan fingerprint density at radius 2 is 2.00 bits per heavy atom. The van der Waals surface area contributed by atoms with Gasteiger partial charge in [0.25, 0.3) is 0 Å². The summed E-state index contributed by atoms with van der Waals surface area (Å²) < 4.78 is 14.2. The van der Waals surface area contributed by atoms with Gasteiger partial charge in [-0.1, -0.05) is 12.8 Å². The SMILES string of the molecule is CN(C)C1(CNc2cc(F)c(I)cc2N)CCCC1.